The maximum atomic E-state index is 10.8. The van der Waals surface area contributed by atoms with E-state index in [0.29, 0.717) is 0 Å². The lowest BCUT2D eigenvalue weighted by molar-refractivity contribution is 0.0234. The zero-order chi connectivity index (χ0) is 17.7. The number of halogens is 1. The van der Waals surface area contributed by atoms with Gasteiger partial charge in [-0.15, -0.1) is 0 Å². The molecule has 134 valence electrons. The minimum atomic E-state index is -0.256. The van der Waals surface area contributed by atoms with E-state index in [9.17, 15) is 5.11 Å². The van der Waals surface area contributed by atoms with Crippen LogP contribution < -0.4 is 0 Å². The molecule has 0 radical (unpaired) electrons. The Morgan fingerprint density at radius 3 is 2.35 bits per heavy atom. The summed E-state index contributed by atoms with van der Waals surface area (Å²) in [5.74, 6) is 0. The highest BCUT2D eigenvalue weighted by Crippen LogP contribution is 2.51. The van der Waals surface area contributed by atoms with Crippen molar-refractivity contribution in [3.8, 4) is 0 Å². The monoisotopic (exact) mass is 409 g/mol. The minimum Gasteiger partial charge on any atom is -0.391 e. The quantitative estimate of drug-likeness (QED) is 0.758. The van der Waals surface area contributed by atoms with Crippen LogP contribution in [0.4, 0.5) is 0 Å². The van der Waals surface area contributed by atoms with E-state index in [2.05, 4.69) is 75.4 Å². The Kier molecular flexibility index (Phi) is 4.07. The number of allylic oxidation sites excluding steroid dienone is 1. The van der Waals surface area contributed by atoms with Crippen LogP contribution in [-0.4, -0.2) is 35.2 Å². The molecule has 3 aliphatic rings. The highest BCUT2D eigenvalue weighted by Gasteiger charge is 2.44. The molecule has 0 bridgehead atoms. The molecule has 1 aliphatic heterocycles. The molecule has 0 unspecified atom stereocenters. The summed E-state index contributed by atoms with van der Waals surface area (Å²) in [6, 6.07) is 17.6. The Bertz CT molecular complexity index is 866. The van der Waals surface area contributed by atoms with Crippen molar-refractivity contribution < 1.29 is 5.11 Å². The Labute approximate surface area is 163 Å². The molecular formula is C23H24BrNO. The molecule has 2 nitrogen and oxygen atoms in total. The van der Waals surface area contributed by atoms with Gasteiger partial charge in [0.1, 0.15) is 0 Å². The first kappa shape index (κ1) is 16.7. The van der Waals surface area contributed by atoms with Crippen LogP contribution in [-0.2, 0) is 18.3 Å². The SMILES string of the molecule is O[C@@H]1Cc2ccccc2C[C@H]1N1CCC2(CC1)C(Br)=Cc1ccccc12. The first-order valence-corrected chi connectivity index (χ1v) is 10.4. The summed E-state index contributed by atoms with van der Waals surface area (Å²) in [6.45, 7) is 2.09. The van der Waals surface area contributed by atoms with Crippen LogP contribution in [0.25, 0.3) is 6.08 Å². The first-order chi connectivity index (χ1) is 12.7. The lowest BCUT2D eigenvalue weighted by Gasteiger charge is -2.46. The van der Waals surface area contributed by atoms with Gasteiger partial charge in [0.15, 0.2) is 0 Å². The van der Waals surface area contributed by atoms with Crippen molar-refractivity contribution in [2.75, 3.05) is 13.1 Å². The van der Waals surface area contributed by atoms with Crippen LogP contribution in [0.2, 0.25) is 0 Å². The van der Waals surface area contributed by atoms with Gasteiger partial charge < -0.3 is 5.11 Å². The predicted octanol–water partition coefficient (Wildman–Crippen LogP) is 4.30. The Balaban J connectivity index is 1.36. The molecule has 0 saturated carbocycles. The molecule has 1 saturated heterocycles. The molecule has 1 spiro atoms. The molecule has 1 N–H and O–H groups in total. The number of hydrogen-bond acceptors (Lipinski definition) is 2. The average Bonchev–Trinajstić information content (AvgIpc) is 2.94. The molecule has 2 atom stereocenters. The van der Waals surface area contributed by atoms with Crippen molar-refractivity contribution in [1.82, 2.24) is 4.90 Å². The third-order valence-electron chi connectivity index (χ3n) is 6.76. The molecule has 26 heavy (non-hydrogen) atoms. The molecular weight excluding hydrogens is 386 g/mol. The fourth-order valence-electron chi connectivity index (χ4n) is 5.26. The first-order valence-electron chi connectivity index (χ1n) is 9.63. The summed E-state index contributed by atoms with van der Waals surface area (Å²) in [4.78, 5) is 2.53. The topological polar surface area (TPSA) is 23.5 Å². The van der Waals surface area contributed by atoms with E-state index in [1.807, 2.05) is 0 Å². The van der Waals surface area contributed by atoms with Gasteiger partial charge in [0, 0.05) is 22.4 Å². The normalized spacial score (nSPS) is 27.1. The van der Waals surface area contributed by atoms with Gasteiger partial charge in [0.05, 0.1) is 6.10 Å². The smallest absolute Gasteiger partial charge is 0.0738 e. The number of nitrogens with zero attached hydrogens (tertiary/aromatic N) is 1. The van der Waals surface area contributed by atoms with E-state index in [1.54, 1.807) is 0 Å². The molecule has 2 aliphatic carbocycles. The molecule has 2 aromatic carbocycles. The molecule has 5 rings (SSSR count). The van der Waals surface area contributed by atoms with Crippen LogP contribution in [0.1, 0.15) is 35.1 Å². The fraction of sp³-hybridized carbons (Fsp3) is 0.391. The fourth-order valence-corrected chi connectivity index (χ4v) is 6.12. The third kappa shape index (κ3) is 2.52. The van der Waals surface area contributed by atoms with Crippen LogP contribution in [0.3, 0.4) is 0 Å². The second-order valence-electron chi connectivity index (χ2n) is 8.01. The summed E-state index contributed by atoms with van der Waals surface area (Å²) in [7, 11) is 0. The Hall–Kier alpha value is -1.42. The molecule has 0 amide bonds. The van der Waals surface area contributed by atoms with Gasteiger partial charge in [-0.3, -0.25) is 4.90 Å². The van der Waals surface area contributed by atoms with Gasteiger partial charge in [-0.1, -0.05) is 64.5 Å². The molecule has 1 heterocycles. The number of fused-ring (bicyclic) bond motifs is 3. The summed E-state index contributed by atoms with van der Waals surface area (Å²) in [5.41, 5.74) is 5.71. The van der Waals surface area contributed by atoms with Crippen molar-refractivity contribution in [3.63, 3.8) is 0 Å². The van der Waals surface area contributed by atoms with Crippen molar-refractivity contribution in [2.45, 2.75) is 43.2 Å². The molecule has 1 fully saturated rings. The number of hydrogen-bond donors (Lipinski definition) is 1. The number of rotatable bonds is 1. The standard InChI is InChI=1S/C23H24BrNO/c24-22-15-18-7-3-4-8-19(18)23(22)9-11-25(12-10-23)20-13-16-5-1-2-6-17(16)14-21(20)26/h1-8,15,20-21,26H,9-14H2/t20-,21-/m1/s1. The van der Waals surface area contributed by atoms with Crippen LogP contribution in [0.5, 0.6) is 0 Å². The number of benzene rings is 2. The van der Waals surface area contributed by atoms with Crippen LogP contribution in [0.15, 0.2) is 53.0 Å². The van der Waals surface area contributed by atoms with Crippen molar-refractivity contribution in [3.05, 3.63) is 75.3 Å². The average molecular weight is 410 g/mol. The van der Waals surface area contributed by atoms with Crippen molar-refractivity contribution >= 4 is 22.0 Å². The van der Waals surface area contributed by atoms with E-state index in [0.717, 1.165) is 38.8 Å². The predicted molar refractivity (Wildman–Crippen MR) is 109 cm³/mol. The zero-order valence-corrected chi connectivity index (χ0v) is 16.5. The Morgan fingerprint density at radius 1 is 0.923 bits per heavy atom. The van der Waals surface area contributed by atoms with E-state index in [-0.39, 0.29) is 17.6 Å². The van der Waals surface area contributed by atoms with E-state index >= 15 is 0 Å². The maximum Gasteiger partial charge on any atom is 0.0738 e. The van der Waals surface area contributed by atoms with Crippen molar-refractivity contribution in [2.24, 2.45) is 0 Å². The third-order valence-corrected chi connectivity index (χ3v) is 7.74. The van der Waals surface area contributed by atoms with Gasteiger partial charge in [-0.05, 0) is 60.7 Å². The van der Waals surface area contributed by atoms with Crippen molar-refractivity contribution in [1.29, 1.82) is 0 Å². The highest BCUT2D eigenvalue weighted by molar-refractivity contribution is 9.11. The number of likely N-dealkylation sites (tertiary alicyclic amines) is 1. The summed E-state index contributed by atoms with van der Waals surface area (Å²) in [6.07, 6.45) is 6.04. The van der Waals surface area contributed by atoms with E-state index in [4.69, 9.17) is 0 Å². The zero-order valence-electron chi connectivity index (χ0n) is 14.9. The molecule has 2 aromatic rings. The molecule has 3 heteroatoms. The summed E-state index contributed by atoms with van der Waals surface area (Å²) < 4.78 is 1.33. The van der Waals surface area contributed by atoms with Crippen LogP contribution >= 0.6 is 15.9 Å². The van der Waals surface area contributed by atoms with Gasteiger partial charge >= 0.3 is 0 Å². The van der Waals surface area contributed by atoms with Gasteiger partial charge in [-0.25, -0.2) is 0 Å². The minimum absolute atomic E-state index is 0.143. The Morgan fingerprint density at radius 2 is 1.58 bits per heavy atom. The van der Waals surface area contributed by atoms with E-state index in [1.165, 1.54) is 26.7 Å². The largest absolute Gasteiger partial charge is 0.391 e. The van der Waals surface area contributed by atoms with E-state index < -0.39 is 0 Å². The van der Waals surface area contributed by atoms with Gasteiger partial charge in [-0.2, -0.15) is 0 Å². The summed E-state index contributed by atoms with van der Waals surface area (Å²) >= 11 is 3.88. The maximum absolute atomic E-state index is 10.8. The highest BCUT2D eigenvalue weighted by atomic mass is 79.9. The molecule has 0 aromatic heterocycles. The number of piperidine rings is 1. The summed E-state index contributed by atoms with van der Waals surface area (Å²) in [5, 5.41) is 10.8. The number of aliphatic hydroxyl groups is 1. The number of aliphatic hydroxyl groups excluding tert-OH is 1. The van der Waals surface area contributed by atoms with Crippen LogP contribution in [0, 0.1) is 0 Å². The lowest BCUT2D eigenvalue weighted by atomic mass is 9.73. The van der Waals surface area contributed by atoms with Gasteiger partial charge in [0.2, 0.25) is 0 Å². The second-order valence-corrected chi connectivity index (χ2v) is 8.86. The lowest BCUT2D eigenvalue weighted by Crippen LogP contribution is -2.53. The van der Waals surface area contributed by atoms with Gasteiger partial charge in [0.25, 0.3) is 0 Å². The second kappa shape index (κ2) is 6.33.